The first-order valence-electron chi connectivity index (χ1n) is 14.6. The standard InChI is InChI=1S/C24H42N4.C4H10O.C2H6/c1-22(27-16-9-5-6-10-17-27)13-18-26(2)21-24(28-19-14-25-15-20-28)23-11-7-3-4-8-12-23;1-3-5-4-2;1-2/h3-4,7-8,11,22,24-25H,5-6,9-10,12-21H2,1-2H3;3-4H2,1-2H3;1-2H3. The topological polar surface area (TPSA) is 31.0 Å². The number of nitrogens with one attached hydrogen (secondary N) is 1. The number of likely N-dealkylation sites (tertiary alicyclic amines) is 1. The summed E-state index contributed by atoms with van der Waals surface area (Å²) in [5, 5.41) is 3.51. The molecule has 2 heterocycles. The SMILES string of the molecule is CC.CC(CCN(C)CC(C1=CC=CC=CC1)N1CCNCC1)N1CCCCCC1.CCOCC. The third-order valence-corrected chi connectivity index (χ3v) is 7.13. The maximum absolute atomic E-state index is 4.83. The Labute approximate surface area is 218 Å². The molecule has 204 valence electrons. The van der Waals surface area contributed by atoms with Gasteiger partial charge >= 0.3 is 0 Å². The molecule has 0 aromatic rings. The van der Waals surface area contributed by atoms with Crippen LogP contribution in [0, 0.1) is 0 Å². The molecule has 2 fully saturated rings. The van der Waals surface area contributed by atoms with Gasteiger partial charge in [-0.15, -0.1) is 0 Å². The van der Waals surface area contributed by atoms with E-state index in [0.29, 0.717) is 12.1 Å². The van der Waals surface area contributed by atoms with E-state index in [1.54, 1.807) is 5.57 Å². The number of hydrogen-bond donors (Lipinski definition) is 1. The van der Waals surface area contributed by atoms with Gasteiger partial charge < -0.3 is 19.9 Å². The van der Waals surface area contributed by atoms with Gasteiger partial charge in [0.2, 0.25) is 0 Å². The smallest absolute Gasteiger partial charge is 0.0442 e. The van der Waals surface area contributed by atoms with Crippen LogP contribution in [0.25, 0.3) is 0 Å². The van der Waals surface area contributed by atoms with Crippen molar-refractivity contribution in [3.8, 4) is 0 Å². The van der Waals surface area contributed by atoms with E-state index in [4.69, 9.17) is 4.74 Å². The fourth-order valence-corrected chi connectivity index (χ4v) is 5.02. The molecule has 1 aliphatic carbocycles. The van der Waals surface area contributed by atoms with Crippen LogP contribution in [0.4, 0.5) is 0 Å². The Morgan fingerprint density at radius 2 is 1.57 bits per heavy atom. The van der Waals surface area contributed by atoms with Gasteiger partial charge in [0.05, 0.1) is 0 Å². The molecule has 0 radical (unpaired) electrons. The summed E-state index contributed by atoms with van der Waals surface area (Å²) < 4.78 is 4.83. The van der Waals surface area contributed by atoms with E-state index in [1.165, 1.54) is 51.7 Å². The van der Waals surface area contributed by atoms with Crippen LogP contribution in [-0.2, 0) is 4.74 Å². The molecule has 3 aliphatic rings. The monoisotopic (exact) mass is 490 g/mol. The van der Waals surface area contributed by atoms with Crippen LogP contribution >= 0.6 is 0 Å². The number of allylic oxidation sites excluding steroid dienone is 5. The summed E-state index contributed by atoms with van der Waals surface area (Å²) in [7, 11) is 2.33. The number of nitrogens with zero attached hydrogens (tertiary/aromatic N) is 3. The Morgan fingerprint density at radius 3 is 2.17 bits per heavy atom. The lowest BCUT2D eigenvalue weighted by Gasteiger charge is -2.38. The molecule has 2 atom stereocenters. The van der Waals surface area contributed by atoms with Gasteiger partial charge in [0.25, 0.3) is 0 Å². The van der Waals surface area contributed by atoms with Gasteiger partial charge in [0.1, 0.15) is 0 Å². The van der Waals surface area contributed by atoms with Gasteiger partial charge in [0, 0.05) is 58.0 Å². The molecular weight excluding hydrogens is 432 g/mol. The molecular formula is C30H58N4O. The predicted molar refractivity (Wildman–Crippen MR) is 154 cm³/mol. The third kappa shape index (κ3) is 13.8. The molecule has 3 rings (SSSR count). The molecule has 2 saturated heterocycles. The summed E-state index contributed by atoms with van der Waals surface area (Å²) in [4.78, 5) is 8.02. The zero-order valence-corrected chi connectivity index (χ0v) is 24.1. The number of piperazine rings is 1. The fraction of sp³-hybridized carbons (Fsp3) is 0.800. The van der Waals surface area contributed by atoms with E-state index in [-0.39, 0.29) is 0 Å². The lowest BCUT2D eigenvalue weighted by molar-refractivity contribution is 0.143. The van der Waals surface area contributed by atoms with Crippen molar-refractivity contribution < 1.29 is 4.74 Å². The molecule has 0 aromatic heterocycles. The molecule has 35 heavy (non-hydrogen) atoms. The van der Waals surface area contributed by atoms with Crippen LogP contribution in [0.2, 0.25) is 0 Å². The van der Waals surface area contributed by atoms with Crippen molar-refractivity contribution in [2.45, 2.75) is 85.2 Å². The van der Waals surface area contributed by atoms with Crippen LogP contribution in [0.3, 0.4) is 0 Å². The van der Waals surface area contributed by atoms with Gasteiger partial charge in [-0.05, 0) is 78.7 Å². The zero-order valence-electron chi connectivity index (χ0n) is 24.1. The summed E-state index contributed by atoms with van der Waals surface area (Å²) in [6.07, 6.45) is 19.2. The van der Waals surface area contributed by atoms with Crippen molar-refractivity contribution in [2.24, 2.45) is 0 Å². The average Bonchev–Trinajstić information content (AvgIpc) is 3.34. The van der Waals surface area contributed by atoms with E-state index in [1.807, 2.05) is 27.7 Å². The van der Waals surface area contributed by atoms with E-state index in [0.717, 1.165) is 52.4 Å². The Balaban J connectivity index is 0.000000779. The van der Waals surface area contributed by atoms with E-state index >= 15 is 0 Å². The van der Waals surface area contributed by atoms with Gasteiger partial charge in [-0.3, -0.25) is 4.90 Å². The fourth-order valence-electron chi connectivity index (χ4n) is 5.02. The highest BCUT2D eigenvalue weighted by Gasteiger charge is 2.25. The highest BCUT2D eigenvalue weighted by molar-refractivity contribution is 5.27. The first-order valence-corrected chi connectivity index (χ1v) is 14.6. The largest absolute Gasteiger partial charge is 0.382 e. The van der Waals surface area contributed by atoms with Crippen LogP contribution in [-0.4, -0.2) is 99.4 Å². The normalized spacial score (nSPS) is 21.1. The van der Waals surface area contributed by atoms with Gasteiger partial charge in [-0.25, -0.2) is 0 Å². The third-order valence-electron chi connectivity index (χ3n) is 7.13. The minimum atomic E-state index is 0.535. The van der Waals surface area contributed by atoms with E-state index < -0.39 is 0 Å². The Hall–Kier alpha value is -0.980. The molecule has 0 amide bonds. The summed E-state index contributed by atoms with van der Waals surface area (Å²) in [5.74, 6) is 0. The second kappa shape index (κ2) is 21.1. The molecule has 1 N–H and O–H groups in total. The Morgan fingerprint density at radius 1 is 0.914 bits per heavy atom. The number of ether oxygens (including phenoxy) is 1. The van der Waals surface area contributed by atoms with E-state index in [2.05, 4.69) is 64.4 Å². The summed E-state index contributed by atoms with van der Waals surface area (Å²) in [5.41, 5.74) is 1.57. The van der Waals surface area contributed by atoms with Crippen LogP contribution in [0.5, 0.6) is 0 Å². The van der Waals surface area contributed by atoms with Crippen molar-refractivity contribution in [2.75, 3.05) is 72.6 Å². The minimum Gasteiger partial charge on any atom is -0.382 e. The number of rotatable bonds is 10. The predicted octanol–water partition coefficient (Wildman–Crippen LogP) is 5.36. The highest BCUT2D eigenvalue weighted by atomic mass is 16.5. The Bertz CT molecular complexity index is 573. The molecule has 0 bridgehead atoms. The molecule has 2 unspecified atom stereocenters. The lowest BCUT2D eigenvalue weighted by Crippen LogP contribution is -2.52. The second-order valence-corrected chi connectivity index (χ2v) is 9.69. The first-order chi connectivity index (χ1) is 17.2. The second-order valence-electron chi connectivity index (χ2n) is 9.69. The van der Waals surface area contributed by atoms with Crippen molar-refractivity contribution in [3.05, 3.63) is 36.0 Å². The Kier molecular flexibility index (Phi) is 19.4. The van der Waals surface area contributed by atoms with Crippen LogP contribution < -0.4 is 5.32 Å². The van der Waals surface area contributed by atoms with Crippen LogP contribution in [0.15, 0.2) is 36.0 Å². The summed E-state index contributed by atoms with van der Waals surface area (Å²) >= 11 is 0. The number of hydrogen-bond acceptors (Lipinski definition) is 5. The molecule has 0 spiro atoms. The molecule has 0 saturated carbocycles. The summed E-state index contributed by atoms with van der Waals surface area (Å²) in [6, 6.07) is 1.24. The lowest BCUT2D eigenvalue weighted by atomic mass is 10.00. The van der Waals surface area contributed by atoms with E-state index in [9.17, 15) is 0 Å². The van der Waals surface area contributed by atoms with Crippen molar-refractivity contribution >= 4 is 0 Å². The van der Waals surface area contributed by atoms with Crippen molar-refractivity contribution in [1.82, 2.24) is 20.0 Å². The van der Waals surface area contributed by atoms with Crippen molar-refractivity contribution in [1.29, 1.82) is 0 Å². The highest BCUT2D eigenvalue weighted by Crippen LogP contribution is 2.20. The van der Waals surface area contributed by atoms with Gasteiger partial charge in [-0.1, -0.05) is 57.1 Å². The molecule has 5 heteroatoms. The quantitative estimate of drug-likeness (QED) is 0.446. The van der Waals surface area contributed by atoms with Crippen LogP contribution in [0.1, 0.15) is 73.1 Å². The zero-order chi connectivity index (χ0) is 25.7. The van der Waals surface area contributed by atoms with Gasteiger partial charge in [-0.2, -0.15) is 0 Å². The average molecular weight is 491 g/mol. The number of likely N-dealkylation sites (N-methyl/N-ethyl adjacent to an activating group) is 1. The molecule has 2 aliphatic heterocycles. The maximum atomic E-state index is 4.83. The molecule has 0 aromatic carbocycles. The summed E-state index contributed by atoms with van der Waals surface area (Å²) in [6.45, 7) is 21.6. The van der Waals surface area contributed by atoms with Crippen molar-refractivity contribution in [3.63, 3.8) is 0 Å². The first kappa shape index (κ1) is 32.0. The molecule has 5 nitrogen and oxygen atoms in total. The maximum Gasteiger partial charge on any atom is 0.0442 e. The minimum absolute atomic E-state index is 0.535. The van der Waals surface area contributed by atoms with Gasteiger partial charge in [0.15, 0.2) is 0 Å².